The summed E-state index contributed by atoms with van der Waals surface area (Å²) in [7, 11) is 0. The van der Waals surface area contributed by atoms with Crippen molar-refractivity contribution in [3.8, 4) is 0 Å². The average molecular weight is 689 g/mol. The molecule has 0 spiro atoms. The second-order valence-electron chi connectivity index (χ2n) is 13.1. The van der Waals surface area contributed by atoms with E-state index in [9.17, 15) is 4.79 Å². The summed E-state index contributed by atoms with van der Waals surface area (Å²) in [5.41, 5.74) is 0. The summed E-state index contributed by atoms with van der Waals surface area (Å²) in [5, 5.41) is 0. The van der Waals surface area contributed by atoms with Crippen LogP contribution in [0.2, 0.25) is 0 Å². The van der Waals surface area contributed by atoms with Gasteiger partial charge in [-0.05, 0) is 12.8 Å². The third-order valence-corrected chi connectivity index (χ3v) is 8.48. The maximum Gasteiger partial charge on any atom is 0.305 e. The monoisotopic (exact) mass is 689 g/mol. The van der Waals surface area contributed by atoms with Crippen LogP contribution in [0.1, 0.15) is 168 Å². The van der Waals surface area contributed by atoms with Crippen molar-refractivity contribution in [2.45, 2.75) is 168 Å². The van der Waals surface area contributed by atoms with Gasteiger partial charge in [0, 0.05) is 13.0 Å². The first-order valence-corrected chi connectivity index (χ1v) is 20.4. The first kappa shape index (κ1) is 47.2. The Morgan fingerprint density at radius 2 is 0.542 bits per heavy atom. The summed E-state index contributed by atoms with van der Waals surface area (Å²) in [5.74, 6) is -0.119. The van der Waals surface area contributed by atoms with Gasteiger partial charge in [0.05, 0.1) is 72.7 Å². The van der Waals surface area contributed by atoms with Gasteiger partial charge in [0.25, 0.3) is 0 Å². The summed E-state index contributed by atoms with van der Waals surface area (Å²) in [4.78, 5) is 11.9. The summed E-state index contributed by atoms with van der Waals surface area (Å²) >= 11 is 0. The Morgan fingerprint density at radius 1 is 0.292 bits per heavy atom. The Morgan fingerprint density at radius 3 is 0.875 bits per heavy atom. The molecule has 8 nitrogen and oxygen atoms in total. The molecule has 0 aromatic heterocycles. The molecule has 0 amide bonds. The molecule has 0 aliphatic heterocycles. The van der Waals surface area contributed by atoms with Crippen LogP contribution in [-0.2, 0) is 38.0 Å². The van der Waals surface area contributed by atoms with Crippen LogP contribution in [0.4, 0.5) is 0 Å². The molecule has 48 heavy (non-hydrogen) atoms. The number of carbonyl (C=O) groups excluding carboxylic acids is 1. The molecule has 0 atom stereocenters. The molecule has 8 heteroatoms. The molecule has 0 aromatic carbocycles. The van der Waals surface area contributed by atoms with Crippen LogP contribution in [0.5, 0.6) is 0 Å². The Labute approximate surface area is 297 Å². The molecular weight excluding hydrogens is 608 g/mol. The molecule has 0 rings (SSSR count). The first-order valence-electron chi connectivity index (χ1n) is 20.4. The van der Waals surface area contributed by atoms with Crippen LogP contribution in [0.25, 0.3) is 0 Å². The molecule has 0 unspecified atom stereocenters. The molecule has 0 bridgehead atoms. The van der Waals surface area contributed by atoms with Gasteiger partial charge in [-0.15, -0.1) is 0 Å². The highest BCUT2D eigenvalue weighted by atomic mass is 16.6. The smallest absolute Gasteiger partial charge is 0.305 e. The zero-order valence-corrected chi connectivity index (χ0v) is 31.9. The fourth-order valence-electron chi connectivity index (χ4n) is 5.47. The zero-order valence-electron chi connectivity index (χ0n) is 31.9. The topological polar surface area (TPSA) is 81.7 Å². The van der Waals surface area contributed by atoms with Gasteiger partial charge < -0.3 is 33.2 Å². The van der Waals surface area contributed by atoms with Crippen LogP contribution in [0, 0.1) is 0 Å². The molecule has 0 aliphatic carbocycles. The highest BCUT2D eigenvalue weighted by Crippen LogP contribution is 2.13. The predicted octanol–water partition coefficient (Wildman–Crippen LogP) is 10.0. The van der Waals surface area contributed by atoms with E-state index >= 15 is 0 Å². The maximum atomic E-state index is 11.9. The number of esters is 1. The van der Waals surface area contributed by atoms with Gasteiger partial charge >= 0.3 is 5.97 Å². The number of unbranched alkanes of at least 4 members (excludes halogenated alkanes) is 21. The Hall–Kier alpha value is -0.770. The van der Waals surface area contributed by atoms with Crippen molar-refractivity contribution < 1.29 is 38.0 Å². The van der Waals surface area contributed by atoms with Crippen LogP contribution in [0.3, 0.4) is 0 Å². The van der Waals surface area contributed by atoms with E-state index < -0.39 is 0 Å². The number of ether oxygens (including phenoxy) is 7. The van der Waals surface area contributed by atoms with E-state index in [1.807, 2.05) is 0 Å². The Balaban J connectivity index is 3.12. The van der Waals surface area contributed by atoms with Gasteiger partial charge in [-0.25, -0.2) is 0 Å². The van der Waals surface area contributed by atoms with Crippen molar-refractivity contribution >= 4 is 5.97 Å². The highest BCUT2D eigenvalue weighted by molar-refractivity contribution is 5.69. The lowest BCUT2D eigenvalue weighted by Gasteiger charge is -2.08. The normalized spacial score (nSPS) is 11.5. The van der Waals surface area contributed by atoms with Gasteiger partial charge in [0.2, 0.25) is 0 Å². The van der Waals surface area contributed by atoms with E-state index in [4.69, 9.17) is 33.2 Å². The fourth-order valence-corrected chi connectivity index (χ4v) is 5.47. The summed E-state index contributed by atoms with van der Waals surface area (Å²) < 4.78 is 38.5. The maximum absolute atomic E-state index is 11.9. The molecule has 288 valence electrons. The molecule has 0 N–H and O–H groups in total. The van der Waals surface area contributed by atoms with E-state index in [0.717, 1.165) is 25.9 Å². The van der Waals surface area contributed by atoms with E-state index in [-0.39, 0.29) is 5.97 Å². The highest BCUT2D eigenvalue weighted by Gasteiger charge is 2.03. The minimum atomic E-state index is -0.119. The standard InChI is InChI=1S/C40H80O8/c1-3-5-7-9-11-13-15-16-17-18-20-22-24-26-40(41)48-39-38-47-37-36-46-35-34-45-33-32-44-31-30-43-29-28-42-27-25-23-21-19-14-12-10-8-6-4-2/h3-39H2,1-2H3. The van der Waals surface area contributed by atoms with Gasteiger partial charge in [-0.3, -0.25) is 4.79 Å². The summed E-state index contributed by atoms with van der Waals surface area (Å²) in [6, 6.07) is 0. The second kappa shape index (κ2) is 44.3. The average Bonchev–Trinajstić information content (AvgIpc) is 3.09. The minimum Gasteiger partial charge on any atom is -0.463 e. The van der Waals surface area contributed by atoms with Crippen LogP contribution in [-0.4, -0.2) is 91.9 Å². The lowest BCUT2D eigenvalue weighted by molar-refractivity contribution is -0.145. The SMILES string of the molecule is CCCCCCCCCCCCCCCC(=O)OCCOCCOCCOCCOCCOCCOCCCCCCCCCCCC. The number of carbonyl (C=O) groups is 1. The number of hydrogen-bond acceptors (Lipinski definition) is 8. The van der Waals surface area contributed by atoms with Gasteiger partial charge in [0.1, 0.15) is 6.61 Å². The predicted molar refractivity (Wildman–Crippen MR) is 198 cm³/mol. The molecule has 0 heterocycles. The lowest BCUT2D eigenvalue weighted by atomic mass is 10.0. The van der Waals surface area contributed by atoms with Crippen molar-refractivity contribution in [2.75, 3.05) is 85.9 Å². The Bertz CT molecular complexity index is 592. The van der Waals surface area contributed by atoms with Gasteiger partial charge in [-0.2, -0.15) is 0 Å². The number of rotatable bonds is 43. The van der Waals surface area contributed by atoms with Crippen LogP contribution < -0.4 is 0 Å². The molecule has 0 radical (unpaired) electrons. The largest absolute Gasteiger partial charge is 0.463 e. The lowest BCUT2D eigenvalue weighted by Crippen LogP contribution is -2.15. The molecule has 0 fully saturated rings. The number of hydrogen-bond donors (Lipinski definition) is 0. The second-order valence-corrected chi connectivity index (χ2v) is 13.1. The van der Waals surface area contributed by atoms with Crippen LogP contribution >= 0.6 is 0 Å². The van der Waals surface area contributed by atoms with E-state index in [0.29, 0.717) is 85.7 Å². The third-order valence-electron chi connectivity index (χ3n) is 8.48. The zero-order chi connectivity index (χ0) is 34.7. The van der Waals surface area contributed by atoms with E-state index in [1.165, 1.54) is 128 Å². The van der Waals surface area contributed by atoms with Crippen molar-refractivity contribution in [2.24, 2.45) is 0 Å². The van der Waals surface area contributed by atoms with Crippen molar-refractivity contribution in [3.05, 3.63) is 0 Å². The van der Waals surface area contributed by atoms with Crippen molar-refractivity contribution in [3.63, 3.8) is 0 Å². The van der Waals surface area contributed by atoms with Crippen molar-refractivity contribution in [1.82, 2.24) is 0 Å². The van der Waals surface area contributed by atoms with E-state index in [1.54, 1.807) is 0 Å². The van der Waals surface area contributed by atoms with Crippen molar-refractivity contribution in [1.29, 1.82) is 0 Å². The minimum absolute atomic E-state index is 0.119. The Kier molecular flexibility index (Phi) is 43.5. The summed E-state index contributed by atoms with van der Waals surface area (Å²) in [6.45, 7) is 11.6. The molecular formula is C40H80O8. The van der Waals surface area contributed by atoms with E-state index in [2.05, 4.69) is 13.8 Å². The fraction of sp³-hybridized carbons (Fsp3) is 0.975. The molecule has 0 saturated carbocycles. The quantitative estimate of drug-likeness (QED) is 0.0463. The first-order chi connectivity index (χ1) is 23.8. The van der Waals surface area contributed by atoms with Gasteiger partial charge in [0.15, 0.2) is 0 Å². The molecule has 0 aromatic rings. The summed E-state index contributed by atoms with van der Waals surface area (Å²) in [6.07, 6.45) is 30.9. The van der Waals surface area contributed by atoms with Gasteiger partial charge in [-0.1, -0.05) is 149 Å². The third kappa shape index (κ3) is 43.3. The van der Waals surface area contributed by atoms with Crippen LogP contribution in [0.15, 0.2) is 0 Å². The molecule has 0 saturated heterocycles. The molecule has 0 aliphatic rings.